The lowest BCUT2D eigenvalue weighted by Crippen LogP contribution is -2.63. The minimum absolute atomic E-state index is 0.0101. The third-order valence-corrected chi connectivity index (χ3v) is 8.43. The van der Waals surface area contributed by atoms with Crippen molar-refractivity contribution in [1.82, 2.24) is 5.32 Å². The molecule has 0 amide bonds. The van der Waals surface area contributed by atoms with E-state index in [9.17, 15) is 9.90 Å². The lowest BCUT2D eigenvalue weighted by Gasteiger charge is -2.46. The monoisotopic (exact) mass is 463 g/mol. The summed E-state index contributed by atoms with van der Waals surface area (Å²) in [7, 11) is 4.44. The predicted octanol–water partition coefficient (Wildman–Crippen LogP) is 4.71. The number of nitrogens with zero attached hydrogens (tertiary/aromatic N) is 1. The molecule has 0 aromatic heterocycles. The van der Waals surface area contributed by atoms with Gasteiger partial charge in [-0.15, -0.1) is 0 Å². The van der Waals surface area contributed by atoms with E-state index in [1.165, 1.54) is 5.56 Å². The number of hydrogen-bond acceptors (Lipinski definition) is 3. The highest BCUT2D eigenvalue weighted by Crippen LogP contribution is 2.44. The van der Waals surface area contributed by atoms with Crippen LogP contribution >= 0.6 is 0 Å². The number of benzene rings is 2. The number of aryl methyl sites for hydroxylation is 1. The van der Waals surface area contributed by atoms with Crippen LogP contribution in [0.3, 0.4) is 0 Å². The van der Waals surface area contributed by atoms with Gasteiger partial charge in [-0.05, 0) is 62.2 Å². The van der Waals surface area contributed by atoms with Crippen LogP contribution < -0.4 is 5.32 Å². The predicted molar refractivity (Wildman–Crippen MR) is 138 cm³/mol. The maximum atomic E-state index is 14.6. The molecule has 2 fully saturated rings. The first-order valence-electron chi connectivity index (χ1n) is 13.3. The highest BCUT2D eigenvalue weighted by Gasteiger charge is 2.54. The summed E-state index contributed by atoms with van der Waals surface area (Å²) in [6.07, 6.45) is 8.08. The Labute approximate surface area is 206 Å². The second-order valence-electron chi connectivity index (χ2n) is 11.1. The summed E-state index contributed by atoms with van der Waals surface area (Å²) in [6.45, 7) is 2.82. The molecule has 0 spiro atoms. The minimum Gasteiger partial charge on any atom is -0.377 e. The van der Waals surface area contributed by atoms with Gasteiger partial charge in [-0.25, -0.2) is 0 Å². The van der Waals surface area contributed by atoms with Gasteiger partial charge in [0.25, 0.3) is 0 Å². The Morgan fingerprint density at radius 1 is 0.971 bits per heavy atom. The van der Waals surface area contributed by atoms with Crippen LogP contribution in [0.4, 0.5) is 0 Å². The number of carbonyl (C=O) groups is 1. The fourth-order valence-electron chi connectivity index (χ4n) is 6.58. The van der Waals surface area contributed by atoms with Crippen LogP contribution in [0.1, 0.15) is 56.1 Å². The Hall–Kier alpha value is -2.01. The van der Waals surface area contributed by atoms with Crippen molar-refractivity contribution in [3.8, 4) is 0 Å². The summed E-state index contributed by atoms with van der Waals surface area (Å²) >= 11 is 0. The minimum atomic E-state index is -1.40. The molecule has 0 bridgehead atoms. The lowest BCUT2D eigenvalue weighted by atomic mass is 9.71. The van der Waals surface area contributed by atoms with Crippen LogP contribution in [0.15, 0.2) is 60.7 Å². The van der Waals surface area contributed by atoms with E-state index in [2.05, 4.69) is 49.7 Å². The van der Waals surface area contributed by atoms with Gasteiger partial charge in [-0.3, -0.25) is 4.79 Å². The first-order chi connectivity index (χ1) is 16.4. The number of Topliss-reactive ketones (excluding diaryl/α,β-unsaturated/α-hetero) is 1. The van der Waals surface area contributed by atoms with E-state index in [1.54, 1.807) is 0 Å². The SMILES string of the molecule is C[N+](C)(CCCc1ccccc1)C(C(=O)C(O)(c1ccccc1)C1CCCC1)C1CCNCC1. The molecule has 2 aromatic carbocycles. The summed E-state index contributed by atoms with van der Waals surface area (Å²) in [5.74, 6) is 0.357. The zero-order valence-electron chi connectivity index (χ0n) is 21.1. The van der Waals surface area contributed by atoms with Gasteiger partial charge in [0.2, 0.25) is 5.78 Å². The van der Waals surface area contributed by atoms with E-state index in [-0.39, 0.29) is 23.7 Å². The fraction of sp³-hybridized carbons (Fsp3) is 0.567. The third kappa shape index (κ3) is 5.45. The molecule has 1 aliphatic heterocycles. The maximum Gasteiger partial charge on any atom is 0.226 e. The number of piperidine rings is 1. The summed E-state index contributed by atoms with van der Waals surface area (Å²) in [4.78, 5) is 14.6. The Morgan fingerprint density at radius 3 is 2.18 bits per heavy atom. The Balaban J connectivity index is 1.63. The van der Waals surface area contributed by atoms with Crippen LogP contribution in [0.5, 0.6) is 0 Å². The molecule has 0 radical (unpaired) electrons. The Morgan fingerprint density at radius 2 is 1.56 bits per heavy atom. The zero-order chi connectivity index (χ0) is 24.0. The topological polar surface area (TPSA) is 49.3 Å². The number of aliphatic hydroxyl groups is 1. The average Bonchev–Trinajstić information content (AvgIpc) is 3.41. The van der Waals surface area contributed by atoms with E-state index in [0.717, 1.165) is 76.6 Å². The number of nitrogens with one attached hydrogen (secondary N) is 1. The van der Waals surface area contributed by atoms with Crippen molar-refractivity contribution >= 4 is 5.78 Å². The second kappa shape index (κ2) is 11.2. The van der Waals surface area contributed by atoms with Gasteiger partial charge in [-0.1, -0.05) is 73.5 Å². The summed E-state index contributed by atoms with van der Waals surface area (Å²) < 4.78 is 0.637. The lowest BCUT2D eigenvalue weighted by molar-refractivity contribution is -0.910. The van der Waals surface area contributed by atoms with E-state index in [0.29, 0.717) is 4.48 Å². The van der Waals surface area contributed by atoms with Crippen molar-refractivity contribution in [3.05, 3.63) is 71.8 Å². The van der Waals surface area contributed by atoms with Crippen molar-refractivity contribution < 1.29 is 14.4 Å². The number of quaternary nitrogens is 1. The molecule has 34 heavy (non-hydrogen) atoms. The molecule has 2 unspecified atom stereocenters. The summed E-state index contributed by atoms with van der Waals surface area (Å²) in [5.41, 5.74) is 0.733. The summed E-state index contributed by atoms with van der Waals surface area (Å²) in [6, 6.07) is 20.2. The Bertz CT molecular complexity index is 902. The standard InChI is InChI=1S/C30H43N2O2/c1-32(2,23-11-14-24-12-5-3-6-13-24)28(25-19-21-31-22-20-25)29(33)30(34,27-17-9-10-18-27)26-15-7-4-8-16-26/h3-8,12-13,15-16,25,27-28,31,34H,9-11,14,17-23H2,1-2H3/q+1. The van der Waals surface area contributed by atoms with Gasteiger partial charge in [0.15, 0.2) is 11.6 Å². The molecule has 2 N–H and O–H groups in total. The van der Waals surface area contributed by atoms with Gasteiger partial charge in [0.05, 0.1) is 20.6 Å². The van der Waals surface area contributed by atoms with Crippen LogP contribution in [0.25, 0.3) is 0 Å². The van der Waals surface area contributed by atoms with Gasteiger partial charge in [-0.2, -0.15) is 0 Å². The van der Waals surface area contributed by atoms with Crippen molar-refractivity contribution in [3.63, 3.8) is 0 Å². The molecule has 1 heterocycles. The highest BCUT2D eigenvalue weighted by atomic mass is 16.3. The number of ketones is 1. The number of carbonyl (C=O) groups excluding carboxylic acids is 1. The molecule has 1 saturated carbocycles. The molecular weight excluding hydrogens is 420 g/mol. The van der Waals surface area contributed by atoms with Crippen molar-refractivity contribution in [2.45, 2.75) is 63.0 Å². The van der Waals surface area contributed by atoms with Crippen LogP contribution in [0, 0.1) is 11.8 Å². The smallest absolute Gasteiger partial charge is 0.226 e. The Kier molecular flexibility index (Phi) is 8.23. The number of hydrogen-bond donors (Lipinski definition) is 2. The first-order valence-corrected chi connectivity index (χ1v) is 13.3. The molecule has 2 aromatic rings. The molecule has 1 aliphatic carbocycles. The molecular formula is C30H43N2O2+. The van der Waals surface area contributed by atoms with Crippen molar-refractivity contribution in [1.29, 1.82) is 0 Å². The fourth-order valence-corrected chi connectivity index (χ4v) is 6.58. The number of likely N-dealkylation sites (N-methyl/N-ethyl adjacent to an activating group) is 1. The zero-order valence-corrected chi connectivity index (χ0v) is 21.1. The highest BCUT2D eigenvalue weighted by molar-refractivity contribution is 5.92. The van der Waals surface area contributed by atoms with Crippen LogP contribution in [-0.4, -0.2) is 55.1 Å². The maximum absolute atomic E-state index is 14.6. The van der Waals surface area contributed by atoms with E-state index >= 15 is 0 Å². The molecule has 184 valence electrons. The quantitative estimate of drug-likeness (QED) is 0.502. The molecule has 4 rings (SSSR count). The first kappa shape index (κ1) is 25.1. The van der Waals surface area contributed by atoms with Crippen molar-refractivity contribution in [2.24, 2.45) is 11.8 Å². The van der Waals surface area contributed by atoms with Crippen LogP contribution in [0.2, 0.25) is 0 Å². The van der Waals surface area contributed by atoms with E-state index in [1.807, 2.05) is 30.3 Å². The molecule has 2 aliphatic rings. The molecule has 4 heteroatoms. The van der Waals surface area contributed by atoms with Gasteiger partial charge in [0.1, 0.15) is 0 Å². The van der Waals surface area contributed by atoms with Gasteiger partial charge >= 0.3 is 0 Å². The van der Waals surface area contributed by atoms with Crippen LogP contribution in [-0.2, 0) is 16.8 Å². The summed E-state index contributed by atoms with van der Waals surface area (Å²) in [5, 5.41) is 15.8. The third-order valence-electron chi connectivity index (χ3n) is 8.43. The largest absolute Gasteiger partial charge is 0.377 e. The number of rotatable bonds is 10. The molecule has 4 nitrogen and oxygen atoms in total. The van der Waals surface area contributed by atoms with Gasteiger partial charge < -0.3 is 14.9 Å². The van der Waals surface area contributed by atoms with E-state index in [4.69, 9.17) is 0 Å². The molecule has 1 saturated heterocycles. The average molecular weight is 464 g/mol. The second-order valence-corrected chi connectivity index (χ2v) is 11.1. The molecule has 2 atom stereocenters. The van der Waals surface area contributed by atoms with Gasteiger partial charge in [0, 0.05) is 12.3 Å². The van der Waals surface area contributed by atoms with E-state index < -0.39 is 5.60 Å². The normalized spacial score (nSPS) is 20.7. The van der Waals surface area contributed by atoms with Crippen molar-refractivity contribution in [2.75, 3.05) is 33.7 Å².